The fourth-order valence-corrected chi connectivity index (χ4v) is 1.55. The molecule has 0 radical (unpaired) electrons. The molecule has 0 N–H and O–H groups in total. The third-order valence-electron chi connectivity index (χ3n) is 2.15. The molecule has 0 atom stereocenters. The molecule has 1 aromatic carbocycles. The standard InChI is InChI=1S/C12H14N2O2/c1-3-15-9-5-6-10(16-4-2)12-11(9)13-7-8-14-12/h5-8H,3-4H2,1-2H3. The van der Waals surface area contributed by atoms with Gasteiger partial charge in [0.2, 0.25) is 0 Å². The van der Waals surface area contributed by atoms with E-state index in [9.17, 15) is 0 Å². The molecule has 0 fully saturated rings. The Morgan fingerprint density at radius 3 is 1.69 bits per heavy atom. The summed E-state index contributed by atoms with van der Waals surface area (Å²) in [5.41, 5.74) is 1.49. The van der Waals surface area contributed by atoms with E-state index >= 15 is 0 Å². The van der Waals surface area contributed by atoms with Crippen LogP contribution in [0.4, 0.5) is 0 Å². The molecule has 0 aliphatic heterocycles. The van der Waals surface area contributed by atoms with Gasteiger partial charge in [0.05, 0.1) is 13.2 Å². The monoisotopic (exact) mass is 218 g/mol. The zero-order chi connectivity index (χ0) is 11.4. The van der Waals surface area contributed by atoms with Crippen LogP contribution in [0.2, 0.25) is 0 Å². The lowest BCUT2D eigenvalue weighted by molar-refractivity contribution is 0.335. The summed E-state index contributed by atoms with van der Waals surface area (Å²) in [6.45, 7) is 5.11. The van der Waals surface area contributed by atoms with Crippen molar-refractivity contribution in [2.24, 2.45) is 0 Å². The number of nitrogens with zero attached hydrogens (tertiary/aromatic N) is 2. The summed E-state index contributed by atoms with van der Waals surface area (Å²) >= 11 is 0. The first kappa shape index (κ1) is 10.7. The van der Waals surface area contributed by atoms with Crippen molar-refractivity contribution in [1.29, 1.82) is 0 Å². The molecule has 16 heavy (non-hydrogen) atoms. The molecule has 0 bridgehead atoms. The number of hydrogen-bond acceptors (Lipinski definition) is 4. The van der Waals surface area contributed by atoms with Gasteiger partial charge >= 0.3 is 0 Å². The molecular formula is C12H14N2O2. The first-order valence-electron chi connectivity index (χ1n) is 5.36. The van der Waals surface area contributed by atoms with Crippen LogP contribution in [0, 0.1) is 0 Å². The Morgan fingerprint density at radius 1 is 0.875 bits per heavy atom. The van der Waals surface area contributed by atoms with Gasteiger partial charge in [0.25, 0.3) is 0 Å². The SMILES string of the molecule is CCOc1ccc(OCC)c2nccnc12. The highest BCUT2D eigenvalue weighted by Gasteiger charge is 2.09. The normalized spacial score (nSPS) is 10.4. The Balaban J connectivity index is 2.57. The molecular weight excluding hydrogens is 204 g/mol. The maximum Gasteiger partial charge on any atom is 0.147 e. The highest BCUT2D eigenvalue weighted by atomic mass is 16.5. The number of rotatable bonds is 4. The lowest BCUT2D eigenvalue weighted by Crippen LogP contribution is -1.98. The van der Waals surface area contributed by atoms with E-state index in [1.165, 1.54) is 0 Å². The summed E-state index contributed by atoms with van der Waals surface area (Å²) in [7, 11) is 0. The third-order valence-corrected chi connectivity index (χ3v) is 2.15. The summed E-state index contributed by atoms with van der Waals surface area (Å²) in [6, 6.07) is 3.73. The van der Waals surface area contributed by atoms with Gasteiger partial charge in [0, 0.05) is 12.4 Å². The molecule has 84 valence electrons. The van der Waals surface area contributed by atoms with E-state index in [0.717, 1.165) is 22.5 Å². The van der Waals surface area contributed by atoms with Crippen LogP contribution < -0.4 is 9.47 Å². The fraction of sp³-hybridized carbons (Fsp3) is 0.333. The van der Waals surface area contributed by atoms with Gasteiger partial charge in [-0.2, -0.15) is 0 Å². The van der Waals surface area contributed by atoms with E-state index < -0.39 is 0 Å². The molecule has 0 aliphatic rings. The fourth-order valence-electron chi connectivity index (χ4n) is 1.55. The summed E-state index contributed by atoms with van der Waals surface area (Å²) in [5.74, 6) is 1.49. The third kappa shape index (κ3) is 1.91. The first-order valence-corrected chi connectivity index (χ1v) is 5.36. The number of aromatic nitrogens is 2. The molecule has 0 aliphatic carbocycles. The summed E-state index contributed by atoms with van der Waals surface area (Å²) in [6.07, 6.45) is 3.31. The minimum atomic E-state index is 0.611. The summed E-state index contributed by atoms with van der Waals surface area (Å²) < 4.78 is 11.0. The van der Waals surface area contributed by atoms with Crippen molar-refractivity contribution >= 4 is 11.0 Å². The van der Waals surface area contributed by atoms with Gasteiger partial charge in [-0.1, -0.05) is 0 Å². The predicted octanol–water partition coefficient (Wildman–Crippen LogP) is 2.43. The van der Waals surface area contributed by atoms with E-state index in [0.29, 0.717) is 13.2 Å². The van der Waals surface area contributed by atoms with Crippen molar-refractivity contribution in [3.63, 3.8) is 0 Å². The van der Waals surface area contributed by atoms with E-state index in [4.69, 9.17) is 9.47 Å². The Morgan fingerprint density at radius 2 is 1.31 bits per heavy atom. The second kappa shape index (κ2) is 4.79. The molecule has 0 unspecified atom stereocenters. The molecule has 2 rings (SSSR count). The molecule has 1 heterocycles. The van der Waals surface area contributed by atoms with E-state index in [-0.39, 0.29) is 0 Å². The topological polar surface area (TPSA) is 44.2 Å². The van der Waals surface area contributed by atoms with E-state index in [2.05, 4.69) is 9.97 Å². The quantitative estimate of drug-likeness (QED) is 0.790. The highest BCUT2D eigenvalue weighted by Crippen LogP contribution is 2.29. The Labute approximate surface area is 94.2 Å². The van der Waals surface area contributed by atoms with Crippen LogP contribution in [0.5, 0.6) is 11.5 Å². The number of ether oxygens (including phenoxy) is 2. The van der Waals surface area contributed by atoms with Crippen molar-refractivity contribution in [3.8, 4) is 11.5 Å². The summed E-state index contributed by atoms with van der Waals surface area (Å²) in [5, 5.41) is 0. The number of fused-ring (bicyclic) bond motifs is 1. The lowest BCUT2D eigenvalue weighted by atomic mass is 10.2. The molecule has 1 aromatic heterocycles. The van der Waals surface area contributed by atoms with Crippen LogP contribution in [0.15, 0.2) is 24.5 Å². The number of hydrogen-bond donors (Lipinski definition) is 0. The Bertz CT molecular complexity index is 441. The highest BCUT2D eigenvalue weighted by molar-refractivity contribution is 5.86. The Hall–Kier alpha value is -1.84. The second-order valence-corrected chi connectivity index (χ2v) is 3.18. The van der Waals surface area contributed by atoms with Crippen LogP contribution in [0.3, 0.4) is 0 Å². The average molecular weight is 218 g/mol. The minimum absolute atomic E-state index is 0.611. The van der Waals surface area contributed by atoms with Crippen molar-refractivity contribution in [3.05, 3.63) is 24.5 Å². The number of benzene rings is 1. The van der Waals surface area contributed by atoms with Gasteiger partial charge in [0.15, 0.2) is 0 Å². The minimum Gasteiger partial charge on any atom is -0.492 e. The van der Waals surface area contributed by atoms with Crippen LogP contribution >= 0.6 is 0 Å². The van der Waals surface area contributed by atoms with Crippen LogP contribution in [-0.4, -0.2) is 23.2 Å². The van der Waals surface area contributed by atoms with E-state index in [1.807, 2.05) is 26.0 Å². The van der Waals surface area contributed by atoms with Crippen molar-refractivity contribution in [2.45, 2.75) is 13.8 Å². The smallest absolute Gasteiger partial charge is 0.147 e. The molecule has 0 saturated carbocycles. The van der Waals surface area contributed by atoms with Gasteiger partial charge in [0.1, 0.15) is 22.5 Å². The molecule has 0 amide bonds. The van der Waals surface area contributed by atoms with Crippen molar-refractivity contribution in [2.75, 3.05) is 13.2 Å². The van der Waals surface area contributed by atoms with Crippen LogP contribution in [0.1, 0.15) is 13.8 Å². The molecule has 0 saturated heterocycles. The average Bonchev–Trinajstić information content (AvgIpc) is 2.33. The molecule has 2 aromatic rings. The van der Waals surface area contributed by atoms with Crippen molar-refractivity contribution < 1.29 is 9.47 Å². The Kier molecular flexibility index (Phi) is 3.19. The summed E-state index contributed by atoms with van der Waals surface area (Å²) in [4.78, 5) is 8.55. The molecule has 0 spiro atoms. The van der Waals surface area contributed by atoms with Gasteiger partial charge < -0.3 is 9.47 Å². The maximum atomic E-state index is 5.49. The molecule has 4 heteroatoms. The maximum absolute atomic E-state index is 5.49. The van der Waals surface area contributed by atoms with E-state index in [1.54, 1.807) is 12.4 Å². The second-order valence-electron chi connectivity index (χ2n) is 3.18. The molecule has 4 nitrogen and oxygen atoms in total. The van der Waals surface area contributed by atoms with Gasteiger partial charge in [-0.15, -0.1) is 0 Å². The van der Waals surface area contributed by atoms with Crippen LogP contribution in [-0.2, 0) is 0 Å². The largest absolute Gasteiger partial charge is 0.492 e. The lowest BCUT2D eigenvalue weighted by Gasteiger charge is -2.09. The van der Waals surface area contributed by atoms with Gasteiger partial charge in [-0.3, -0.25) is 0 Å². The zero-order valence-electron chi connectivity index (χ0n) is 9.43. The van der Waals surface area contributed by atoms with Crippen molar-refractivity contribution in [1.82, 2.24) is 9.97 Å². The predicted molar refractivity (Wildman–Crippen MR) is 61.9 cm³/mol. The zero-order valence-corrected chi connectivity index (χ0v) is 9.43. The first-order chi connectivity index (χ1) is 7.86. The van der Waals surface area contributed by atoms with Crippen LogP contribution in [0.25, 0.3) is 11.0 Å². The van der Waals surface area contributed by atoms with Gasteiger partial charge in [-0.05, 0) is 26.0 Å². The van der Waals surface area contributed by atoms with Gasteiger partial charge in [-0.25, -0.2) is 9.97 Å².